The Bertz CT molecular complexity index is 460. The van der Waals surface area contributed by atoms with E-state index in [9.17, 15) is 13.2 Å². The van der Waals surface area contributed by atoms with Crippen molar-refractivity contribution in [3.8, 4) is 0 Å². The first-order valence-electron chi connectivity index (χ1n) is 9.53. The third kappa shape index (κ3) is 5.00. The molecule has 8 heteroatoms. The van der Waals surface area contributed by atoms with Gasteiger partial charge in [-0.1, -0.05) is 6.42 Å². The average Bonchev–Trinajstić information content (AvgIpc) is 2.60. The van der Waals surface area contributed by atoms with E-state index >= 15 is 0 Å². The average molecular weight is 361 g/mol. The predicted octanol–water partition coefficient (Wildman–Crippen LogP) is 1.66. The van der Waals surface area contributed by atoms with Gasteiger partial charge in [0.25, 0.3) is 0 Å². The van der Waals surface area contributed by atoms with Crippen LogP contribution in [0.25, 0.3) is 0 Å². The number of hydrogen-bond donors (Lipinski definition) is 2. The van der Waals surface area contributed by atoms with Crippen molar-refractivity contribution in [3.63, 3.8) is 0 Å². The van der Waals surface area contributed by atoms with E-state index in [2.05, 4.69) is 25.4 Å². The van der Waals surface area contributed by atoms with Crippen molar-refractivity contribution in [2.24, 2.45) is 10.9 Å². The van der Waals surface area contributed by atoms with Gasteiger partial charge < -0.3 is 10.6 Å². The van der Waals surface area contributed by atoms with Crippen LogP contribution in [-0.4, -0.2) is 79.8 Å². The SMILES string of the molecule is CCNC(=NCC1CN2CCN1CC2)NC1CCCC(C(F)(F)F)C1. The van der Waals surface area contributed by atoms with Gasteiger partial charge in [0.05, 0.1) is 12.5 Å². The molecule has 144 valence electrons. The number of alkyl halides is 3. The summed E-state index contributed by atoms with van der Waals surface area (Å²) < 4.78 is 39.0. The highest BCUT2D eigenvalue weighted by Crippen LogP contribution is 2.37. The zero-order valence-corrected chi connectivity index (χ0v) is 15.0. The number of fused-ring (bicyclic) bond motifs is 3. The topological polar surface area (TPSA) is 42.9 Å². The maximum atomic E-state index is 13.0. The standard InChI is InChI=1S/C17H30F3N5/c1-2-21-16(22-11-15-12-24-6-8-25(15)9-7-24)23-14-5-3-4-13(10-14)17(18,19)20/h13-15H,2-12H2,1H3,(H2,21,22,23). The lowest BCUT2D eigenvalue weighted by Gasteiger charge is -2.47. The Labute approximate surface area is 148 Å². The third-order valence-corrected chi connectivity index (χ3v) is 5.67. The molecule has 3 aliphatic heterocycles. The molecule has 2 bridgehead atoms. The molecule has 3 heterocycles. The number of piperazine rings is 3. The van der Waals surface area contributed by atoms with Gasteiger partial charge in [-0.25, -0.2) is 0 Å². The summed E-state index contributed by atoms with van der Waals surface area (Å²) in [4.78, 5) is 9.63. The number of halogens is 3. The molecule has 3 saturated heterocycles. The second kappa shape index (κ2) is 8.12. The van der Waals surface area contributed by atoms with Gasteiger partial charge in [0, 0.05) is 51.4 Å². The van der Waals surface area contributed by atoms with Crippen LogP contribution in [-0.2, 0) is 0 Å². The van der Waals surface area contributed by atoms with Crippen LogP contribution in [0.1, 0.15) is 32.6 Å². The lowest BCUT2D eigenvalue weighted by molar-refractivity contribution is -0.183. The van der Waals surface area contributed by atoms with E-state index in [1.165, 1.54) is 0 Å². The van der Waals surface area contributed by atoms with Crippen LogP contribution in [0.3, 0.4) is 0 Å². The van der Waals surface area contributed by atoms with Gasteiger partial charge in [0.15, 0.2) is 5.96 Å². The van der Waals surface area contributed by atoms with Crippen molar-refractivity contribution in [2.45, 2.75) is 50.9 Å². The molecule has 0 aromatic heterocycles. The molecule has 1 aliphatic carbocycles. The second-order valence-corrected chi connectivity index (χ2v) is 7.46. The summed E-state index contributed by atoms with van der Waals surface area (Å²) in [6.45, 7) is 8.90. The highest BCUT2D eigenvalue weighted by atomic mass is 19.4. The van der Waals surface area contributed by atoms with Gasteiger partial charge in [-0.2, -0.15) is 13.2 Å². The zero-order chi connectivity index (χ0) is 17.9. The number of aliphatic imine (C=N–C) groups is 1. The fourth-order valence-electron chi connectivity index (χ4n) is 4.23. The normalized spacial score (nSPS) is 36.3. The zero-order valence-electron chi connectivity index (χ0n) is 15.0. The van der Waals surface area contributed by atoms with Crippen LogP contribution in [0, 0.1) is 5.92 Å². The lowest BCUT2D eigenvalue weighted by Crippen LogP contribution is -2.62. The van der Waals surface area contributed by atoms with E-state index in [1.54, 1.807) is 0 Å². The smallest absolute Gasteiger partial charge is 0.357 e. The first kappa shape index (κ1) is 18.8. The lowest BCUT2D eigenvalue weighted by atomic mass is 9.85. The summed E-state index contributed by atoms with van der Waals surface area (Å²) in [5.41, 5.74) is 0. The summed E-state index contributed by atoms with van der Waals surface area (Å²) in [5, 5.41) is 6.44. The molecule has 25 heavy (non-hydrogen) atoms. The maximum Gasteiger partial charge on any atom is 0.391 e. The highest BCUT2D eigenvalue weighted by Gasteiger charge is 2.42. The predicted molar refractivity (Wildman–Crippen MR) is 92.7 cm³/mol. The fraction of sp³-hybridized carbons (Fsp3) is 0.941. The van der Waals surface area contributed by atoms with Crippen molar-refractivity contribution in [2.75, 3.05) is 45.8 Å². The summed E-state index contributed by atoms with van der Waals surface area (Å²) in [7, 11) is 0. The molecule has 4 rings (SSSR count). The monoisotopic (exact) mass is 361 g/mol. The Hall–Kier alpha value is -1.02. The van der Waals surface area contributed by atoms with Crippen LogP contribution < -0.4 is 10.6 Å². The Morgan fingerprint density at radius 1 is 1.16 bits per heavy atom. The van der Waals surface area contributed by atoms with Crippen molar-refractivity contribution >= 4 is 5.96 Å². The number of nitrogens with one attached hydrogen (secondary N) is 2. The Morgan fingerprint density at radius 3 is 2.52 bits per heavy atom. The van der Waals surface area contributed by atoms with Gasteiger partial charge in [-0.05, 0) is 26.2 Å². The molecule has 4 aliphatic rings. The molecule has 2 N–H and O–H groups in total. The highest BCUT2D eigenvalue weighted by molar-refractivity contribution is 5.80. The maximum absolute atomic E-state index is 13.0. The summed E-state index contributed by atoms with van der Waals surface area (Å²) in [6, 6.07) is 0.275. The van der Waals surface area contributed by atoms with Crippen LogP contribution in [0.4, 0.5) is 13.2 Å². The van der Waals surface area contributed by atoms with Crippen molar-refractivity contribution in [3.05, 3.63) is 0 Å². The molecular weight excluding hydrogens is 331 g/mol. The minimum atomic E-state index is -4.08. The molecule has 0 aromatic rings. The van der Waals surface area contributed by atoms with Gasteiger partial charge in [0.1, 0.15) is 0 Å². The van der Waals surface area contributed by atoms with Crippen LogP contribution in [0.5, 0.6) is 0 Å². The minimum Gasteiger partial charge on any atom is -0.357 e. The number of hydrogen-bond acceptors (Lipinski definition) is 3. The molecule has 0 amide bonds. The molecule has 1 saturated carbocycles. The third-order valence-electron chi connectivity index (χ3n) is 5.67. The molecule has 0 spiro atoms. The number of nitrogens with zero attached hydrogens (tertiary/aromatic N) is 3. The minimum absolute atomic E-state index is 0.148. The molecule has 3 unspecified atom stereocenters. The van der Waals surface area contributed by atoms with E-state index in [4.69, 9.17) is 0 Å². The Kier molecular flexibility index (Phi) is 6.09. The van der Waals surface area contributed by atoms with Crippen molar-refractivity contribution in [1.29, 1.82) is 0 Å². The van der Waals surface area contributed by atoms with Gasteiger partial charge >= 0.3 is 6.18 Å². The van der Waals surface area contributed by atoms with E-state index < -0.39 is 12.1 Å². The molecule has 0 aromatic carbocycles. The van der Waals surface area contributed by atoms with Crippen molar-refractivity contribution < 1.29 is 13.2 Å². The molecule has 5 nitrogen and oxygen atoms in total. The fourth-order valence-corrected chi connectivity index (χ4v) is 4.23. The molecule has 3 atom stereocenters. The Balaban J connectivity index is 1.55. The first-order valence-corrected chi connectivity index (χ1v) is 9.53. The molecule has 4 fully saturated rings. The van der Waals surface area contributed by atoms with Gasteiger partial charge in [0.2, 0.25) is 0 Å². The summed E-state index contributed by atoms with van der Waals surface area (Å²) >= 11 is 0. The van der Waals surface area contributed by atoms with Gasteiger partial charge in [-0.15, -0.1) is 0 Å². The van der Waals surface area contributed by atoms with E-state index in [0.717, 1.165) is 39.1 Å². The van der Waals surface area contributed by atoms with E-state index in [1.807, 2.05) is 6.92 Å². The largest absolute Gasteiger partial charge is 0.391 e. The van der Waals surface area contributed by atoms with E-state index in [0.29, 0.717) is 31.5 Å². The van der Waals surface area contributed by atoms with Crippen molar-refractivity contribution in [1.82, 2.24) is 20.4 Å². The quantitative estimate of drug-likeness (QED) is 0.590. The summed E-state index contributed by atoms with van der Waals surface area (Å²) in [5.74, 6) is -0.525. The number of rotatable bonds is 4. The van der Waals surface area contributed by atoms with Crippen LogP contribution in [0.2, 0.25) is 0 Å². The van der Waals surface area contributed by atoms with Crippen LogP contribution in [0.15, 0.2) is 4.99 Å². The number of guanidine groups is 1. The van der Waals surface area contributed by atoms with E-state index in [-0.39, 0.29) is 18.9 Å². The molecular formula is C17H30F3N5. The first-order chi connectivity index (χ1) is 12.0. The van der Waals surface area contributed by atoms with Crippen LogP contribution >= 0.6 is 0 Å². The van der Waals surface area contributed by atoms with Gasteiger partial charge in [-0.3, -0.25) is 14.8 Å². The molecule has 0 radical (unpaired) electrons. The summed E-state index contributed by atoms with van der Waals surface area (Å²) in [6.07, 6.45) is -2.29. The second-order valence-electron chi connectivity index (χ2n) is 7.46. The Morgan fingerprint density at radius 2 is 1.92 bits per heavy atom.